The van der Waals surface area contributed by atoms with Gasteiger partial charge in [0, 0.05) is 25.4 Å². The van der Waals surface area contributed by atoms with Gasteiger partial charge in [0.2, 0.25) is 10.0 Å². The molecule has 1 atom stereocenters. The minimum Gasteiger partial charge on any atom is -0.373 e. The average Bonchev–Trinajstić information content (AvgIpc) is 2.68. The Bertz CT molecular complexity index is 555. The van der Waals surface area contributed by atoms with Gasteiger partial charge >= 0.3 is 0 Å². The van der Waals surface area contributed by atoms with Crippen LogP contribution in [0.15, 0.2) is 23.2 Å². The molecule has 1 unspecified atom stereocenters. The molecule has 1 aromatic rings. The number of hydrogen-bond acceptors (Lipinski definition) is 4. The molecule has 6 heteroatoms. The van der Waals surface area contributed by atoms with Gasteiger partial charge in [0.05, 0.1) is 4.90 Å². The van der Waals surface area contributed by atoms with E-state index in [-0.39, 0.29) is 16.4 Å². The Morgan fingerprint density at radius 2 is 2.16 bits per heavy atom. The number of anilines is 1. The van der Waals surface area contributed by atoms with Gasteiger partial charge < -0.3 is 5.32 Å². The van der Waals surface area contributed by atoms with Crippen molar-refractivity contribution in [2.75, 3.05) is 12.4 Å². The standard InChI is InChI=1S/C13H21N3O2S/c1-13(2)6-4-10(9-13)16-19(17,18)11-5-7-15-12(8-11)14-3/h5,7-8,10,16H,4,6,9H2,1-3H3,(H,14,15). The van der Waals surface area contributed by atoms with Crippen molar-refractivity contribution in [1.29, 1.82) is 0 Å². The maximum absolute atomic E-state index is 12.3. The maximum atomic E-state index is 12.3. The molecule has 5 nitrogen and oxygen atoms in total. The van der Waals surface area contributed by atoms with Crippen molar-refractivity contribution < 1.29 is 8.42 Å². The van der Waals surface area contributed by atoms with Crippen LogP contribution in [0.25, 0.3) is 0 Å². The highest BCUT2D eigenvalue weighted by Crippen LogP contribution is 2.37. The van der Waals surface area contributed by atoms with Gasteiger partial charge in [-0.25, -0.2) is 18.1 Å². The lowest BCUT2D eigenvalue weighted by atomic mass is 9.92. The van der Waals surface area contributed by atoms with E-state index >= 15 is 0 Å². The molecule has 106 valence electrons. The van der Waals surface area contributed by atoms with E-state index in [4.69, 9.17) is 0 Å². The molecule has 0 spiro atoms. The topological polar surface area (TPSA) is 71.1 Å². The molecule has 1 aliphatic rings. The summed E-state index contributed by atoms with van der Waals surface area (Å²) in [6.07, 6.45) is 4.34. The third-order valence-electron chi connectivity index (χ3n) is 3.59. The van der Waals surface area contributed by atoms with E-state index in [0.717, 1.165) is 19.3 Å². The summed E-state index contributed by atoms with van der Waals surface area (Å²) >= 11 is 0. The van der Waals surface area contributed by atoms with Gasteiger partial charge in [0.1, 0.15) is 5.82 Å². The number of aromatic nitrogens is 1. The summed E-state index contributed by atoms with van der Waals surface area (Å²) < 4.78 is 27.4. The van der Waals surface area contributed by atoms with Gasteiger partial charge in [0.25, 0.3) is 0 Å². The van der Waals surface area contributed by atoms with Crippen LogP contribution in [0.5, 0.6) is 0 Å². The Balaban J connectivity index is 2.14. The van der Waals surface area contributed by atoms with Crippen LogP contribution in [0.3, 0.4) is 0 Å². The molecule has 1 heterocycles. The van der Waals surface area contributed by atoms with Gasteiger partial charge in [-0.3, -0.25) is 0 Å². The fourth-order valence-corrected chi connectivity index (χ4v) is 3.82. The van der Waals surface area contributed by atoms with Crippen LogP contribution in [0, 0.1) is 5.41 Å². The van der Waals surface area contributed by atoms with Gasteiger partial charge in [-0.2, -0.15) is 0 Å². The zero-order valence-corrected chi connectivity index (χ0v) is 12.4. The monoisotopic (exact) mass is 283 g/mol. The van der Waals surface area contributed by atoms with Crippen LogP contribution in [-0.4, -0.2) is 26.5 Å². The van der Waals surface area contributed by atoms with E-state index in [2.05, 4.69) is 28.9 Å². The van der Waals surface area contributed by atoms with E-state index in [1.807, 2.05) is 0 Å². The molecule has 0 saturated heterocycles. The van der Waals surface area contributed by atoms with E-state index < -0.39 is 10.0 Å². The molecule has 2 N–H and O–H groups in total. The van der Waals surface area contributed by atoms with E-state index in [9.17, 15) is 8.42 Å². The first-order chi connectivity index (χ1) is 8.82. The number of nitrogens with zero attached hydrogens (tertiary/aromatic N) is 1. The summed E-state index contributed by atoms with van der Waals surface area (Å²) in [6, 6.07) is 3.09. The van der Waals surface area contributed by atoms with Gasteiger partial charge in [0.15, 0.2) is 0 Å². The molecular weight excluding hydrogens is 262 g/mol. The number of sulfonamides is 1. The second-order valence-electron chi connectivity index (χ2n) is 5.85. The second-order valence-corrected chi connectivity index (χ2v) is 7.57. The second kappa shape index (κ2) is 5.09. The minimum absolute atomic E-state index is 0.0335. The Morgan fingerprint density at radius 1 is 1.42 bits per heavy atom. The summed E-state index contributed by atoms with van der Waals surface area (Å²) in [5.74, 6) is 0.551. The molecule has 0 aliphatic heterocycles. The van der Waals surface area contributed by atoms with Crippen LogP contribution in [0.2, 0.25) is 0 Å². The van der Waals surface area contributed by atoms with Gasteiger partial charge in [-0.15, -0.1) is 0 Å². The quantitative estimate of drug-likeness (QED) is 0.886. The fraction of sp³-hybridized carbons (Fsp3) is 0.615. The van der Waals surface area contributed by atoms with E-state index in [1.54, 1.807) is 13.1 Å². The molecule has 1 saturated carbocycles. The Morgan fingerprint density at radius 3 is 2.74 bits per heavy atom. The molecule has 1 fully saturated rings. The molecule has 19 heavy (non-hydrogen) atoms. The normalized spacial score (nSPS) is 22.4. The van der Waals surface area contributed by atoms with Crippen LogP contribution < -0.4 is 10.0 Å². The first-order valence-corrected chi connectivity index (χ1v) is 7.97. The highest BCUT2D eigenvalue weighted by molar-refractivity contribution is 7.89. The zero-order valence-electron chi connectivity index (χ0n) is 11.6. The number of rotatable bonds is 4. The Hall–Kier alpha value is -1.14. The number of hydrogen-bond donors (Lipinski definition) is 2. The van der Waals surface area contributed by atoms with Crippen LogP contribution in [-0.2, 0) is 10.0 Å². The smallest absolute Gasteiger partial charge is 0.241 e. The van der Waals surface area contributed by atoms with Gasteiger partial charge in [-0.05, 0) is 30.7 Å². The fourth-order valence-electron chi connectivity index (χ4n) is 2.54. The van der Waals surface area contributed by atoms with Crippen molar-refractivity contribution in [3.8, 4) is 0 Å². The lowest BCUT2D eigenvalue weighted by molar-refractivity contribution is 0.372. The van der Waals surface area contributed by atoms with E-state index in [0.29, 0.717) is 5.82 Å². The molecule has 0 amide bonds. The highest BCUT2D eigenvalue weighted by Gasteiger charge is 2.33. The average molecular weight is 283 g/mol. The lowest BCUT2D eigenvalue weighted by Gasteiger charge is -2.18. The van der Waals surface area contributed by atoms with Crippen LogP contribution >= 0.6 is 0 Å². The summed E-state index contributed by atoms with van der Waals surface area (Å²) in [4.78, 5) is 4.28. The summed E-state index contributed by atoms with van der Waals surface area (Å²) in [7, 11) is -1.74. The number of pyridine rings is 1. The summed E-state index contributed by atoms with van der Waals surface area (Å²) in [5.41, 5.74) is 0.224. The molecule has 1 aromatic heterocycles. The molecule has 0 bridgehead atoms. The largest absolute Gasteiger partial charge is 0.373 e. The molecule has 2 rings (SSSR count). The van der Waals surface area contributed by atoms with Crippen molar-refractivity contribution in [2.24, 2.45) is 5.41 Å². The molecule has 1 aliphatic carbocycles. The minimum atomic E-state index is -3.46. The summed E-state index contributed by atoms with van der Waals surface area (Å²) in [5, 5.41) is 2.84. The van der Waals surface area contributed by atoms with Crippen molar-refractivity contribution in [3.05, 3.63) is 18.3 Å². The van der Waals surface area contributed by atoms with Crippen molar-refractivity contribution in [1.82, 2.24) is 9.71 Å². The Kier molecular flexibility index (Phi) is 3.82. The predicted molar refractivity (Wildman–Crippen MR) is 75.5 cm³/mol. The Labute approximate surface area is 114 Å². The van der Waals surface area contributed by atoms with Crippen molar-refractivity contribution in [3.63, 3.8) is 0 Å². The van der Waals surface area contributed by atoms with Gasteiger partial charge in [-0.1, -0.05) is 13.8 Å². The SMILES string of the molecule is CNc1cc(S(=O)(=O)NC2CCC(C)(C)C2)ccn1. The van der Waals surface area contributed by atoms with Crippen LogP contribution in [0.1, 0.15) is 33.1 Å². The van der Waals surface area contributed by atoms with Crippen molar-refractivity contribution in [2.45, 2.75) is 44.0 Å². The van der Waals surface area contributed by atoms with E-state index in [1.165, 1.54) is 12.3 Å². The molecule has 0 radical (unpaired) electrons. The third-order valence-corrected chi connectivity index (χ3v) is 5.11. The predicted octanol–water partition coefficient (Wildman–Crippen LogP) is 1.98. The lowest BCUT2D eigenvalue weighted by Crippen LogP contribution is -2.33. The first-order valence-electron chi connectivity index (χ1n) is 6.49. The molecular formula is C13H21N3O2S. The third kappa shape index (κ3) is 3.45. The van der Waals surface area contributed by atoms with Crippen LogP contribution in [0.4, 0.5) is 5.82 Å². The maximum Gasteiger partial charge on any atom is 0.241 e. The summed E-state index contributed by atoms with van der Waals surface area (Å²) in [6.45, 7) is 4.35. The number of nitrogens with one attached hydrogen (secondary N) is 2. The highest BCUT2D eigenvalue weighted by atomic mass is 32.2. The first kappa shape index (κ1) is 14.3. The van der Waals surface area contributed by atoms with Crippen molar-refractivity contribution >= 4 is 15.8 Å². The molecule has 0 aromatic carbocycles. The zero-order chi connectivity index (χ0) is 14.1.